The van der Waals surface area contributed by atoms with Crippen LogP contribution in [0.3, 0.4) is 0 Å². The SMILES string of the molecule is Cc1ccc(C(=O)O)c(NS(=O)(=O)c2cnc3n2CCC3)c1C. The molecule has 1 aliphatic rings. The lowest BCUT2D eigenvalue weighted by Crippen LogP contribution is -2.19. The van der Waals surface area contributed by atoms with Crippen LogP contribution in [-0.2, 0) is 23.0 Å². The maximum atomic E-state index is 12.7. The third-order valence-corrected chi connectivity index (χ3v) is 5.51. The second-order valence-electron chi connectivity index (χ2n) is 5.61. The molecule has 0 saturated carbocycles. The van der Waals surface area contributed by atoms with Gasteiger partial charge in [0.2, 0.25) is 0 Å². The highest BCUT2D eigenvalue weighted by molar-refractivity contribution is 7.92. The Bertz CT molecular complexity index is 900. The summed E-state index contributed by atoms with van der Waals surface area (Å²) in [6.45, 7) is 4.10. The molecule has 0 spiro atoms. The number of carbonyl (C=O) groups is 1. The van der Waals surface area contributed by atoms with Gasteiger partial charge in [0.1, 0.15) is 5.82 Å². The molecule has 1 aromatic carbocycles. The highest BCUT2D eigenvalue weighted by Crippen LogP contribution is 2.28. The third-order valence-electron chi connectivity index (χ3n) is 4.16. The van der Waals surface area contributed by atoms with Crippen molar-refractivity contribution >= 4 is 21.7 Å². The van der Waals surface area contributed by atoms with Crippen LogP contribution >= 0.6 is 0 Å². The molecule has 3 rings (SSSR count). The quantitative estimate of drug-likeness (QED) is 0.889. The van der Waals surface area contributed by atoms with E-state index in [1.807, 2.05) is 0 Å². The minimum atomic E-state index is -3.90. The van der Waals surface area contributed by atoms with Gasteiger partial charge in [-0.25, -0.2) is 9.78 Å². The molecule has 8 heteroatoms. The lowest BCUT2D eigenvalue weighted by Gasteiger charge is -2.15. The normalized spacial score (nSPS) is 13.8. The maximum absolute atomic E-state index is 12.7. The zero-order chi connectivity index (χ0) is 16.8. The fraction of sp³-hybridized carbons (Fsp3) is 0.333. The Morgan fingerprint density at radius 1 is 1.35 bits per heavy atom. The van der Waals surface area contributed by atoms with Gasteiger partial charge in [-0.3, -0.25) is 4.72 Å². The fourth-order valence-electron chi connectivity index (χ4n) is 2.76. The highest BCUT2D eigenvalue weighted by atomic mass is 32.2. The number of nitrogens with zero attached hydrogens (tertiary/aromatic N) is 2. The van der Waals surface area contributed by atoms with E-state index in [4.69, 9.17) is 0 Å². The zero-order valence-electron chi connectivity index (χ0n) is 12.8. The number of fused-ring (bicyclic) bond motifs is 1. The first-order chi connectivity index (χ1) is 10.8. The molecule has 23 heavy (non-hydrogen) atoms. The van der Waals surface area contributed by atoms with Crippen LogP contribution in [0.25, 0.3) is 0 Å². The van der Waals surface area contributed by atoms with Crippen LogP contribution < -0.4 is 4.72 Å². The van der Waals surface area contributed by atoms with Gasteiger partial charge in [-0.15, -0.1) is 0 Å². The number of carboxylic acids is 1. The van der Waals surface area contributed by atoms with Crippen molar-refractivity contribution < 1.29 is 18.3 Å². The maximum Gasteiger partial charge on any atom is 0.337 e. The Labute approximate surface area is 134 Å². The van der Waals surface area contributed by atoms with E-state index < -0.39 is 16.0 Å². The molecular weight excluding hydrogens is 318 g/mol. The number of carboxylic acid groups (broad SMARTS) is 1. The predicted molar refractivity (Wildman–Crippen MR) is 84.2 cm³/mol. The number of anilines is 1. The number of aryl methyl sites for hydroxylation is 2. The monoisotopic (exact) mass is 335 g/mol. The van der Waals surface area contributed by atoms with Gasteiger partial charge in [0.25, 0.3) is 10.0 Å². The van der Waals surface area contributed by atoms with Crippen LogP contribution in [0.5, 0.6) is 0 Å². The molecule has 1 aliphatic heterocycles. The minimum absolute atomic E-state index is 0.0714. The van der Waals surface area contributed by atoms with Crippen LogP contribution in [0.2, 0.25) is 0 Å². The number of nitrogens with one attached hydrogen (secondary N) is 1. The topological polar surface area (TPSA) is 101 Å². The molecule has 2 heterocycles. The van der Waals surface area contributed by atoms with Crippen molar-refractivity contribution in [3.05, 3.63) is 40.8 Å². The number of sulfonamides is 1. The van der Waals surface area contributed by atoms with Crippen LogP contribution in [0, 0.1) is 13.8 Å². The second kappa shape index (κ2) is 5.38. The molecular formula is C15H17N3O4S. The van der Waals surface area contributed by atoms with Crippen LogP contribution in [0.1, 0.15) is 33.7 Å². The number of imidazole rings is 1. The van der Waals surface area contributed by atoms with E-state index in [-0.39, 0.29) is 16.3 Å². The summed E-state index contributed by atoms with van der Waals surface area (Å²) in [6, 6.07) is 3.07. The van der Waals surface area contributed by atoms with Gasteiger partial charge in [-0.05, 0) is 37.5 Å². The number of aromatic nitrogens is 2. The molecule has 122 valence electrons. The summed E-state index contributed by atoms with van der Waals surface area (Å²) in [6.07, 6.45) is 2.93. The molecule has 2 N–H and O–H groups in total. The lowest BCUT2D eigenvalue weighted by atomic mass is 10.0. The number of benzene rings is 1. The third kappa shape index (κ3) is 2.59. The minimum Gasteiger partial charge on any atom is -0.478 e. The van der Waals surface area contributed by atoms with Gasteiger partial charge in [0.15, 0.2) is 5.03 Å². The van der Waals surface area contributed by atoms with Gasteiger partial charge < -0.3 is 9.67 Å². The smallest absolute Gasteiger partial charge is 0.337 e. The number of hydrogen-bond acceptors (Lipinski definition) is 4. The molecule has 0 amide bonds. The summed E-state index contributed by atoms with van der Waals surface area (Å²) in [5.41, 5.74) is 1.43. The van der Waals surface area contributed by atoms with Crippen molar-refractivity contribution in [1.82, 2.24) is 9.55 Å². The van der Waals surface area contributed by atoms with Crippen molar-refractivity contribution in [1.29, 1.82) is 0 Å². The van der Waals surface area contributed by atoms with E-state index in [2.05, 4.69) is 9.71 Å². The van der Waals surface area contributed by atoms with Crippen LogP contribution in [0.4, 0.5) is 5.69 Å². The molecule has 0 unspecified atom stereocenters. The second-order valence-corrected chi connectivity index (χ2v) is 7.24. The first-order valence-electron chi connectivity index (χ1n) is 7.22. The van der Waals surface area contributed by atoms with Crippen molar-refractivity contribution in [3.8, 4) is 0 Å². The molecule has 0 fully saturated rings. The summed E-state index contributed by atoms with van der Waals surface area (Å²) in [7, 11) is -3.90. The van der Waals surface area contributed by atoms with Crippen molar-refractivity contribution in [2.45, 2.75) is 38.3 Å². The Kier molecular flexibility index (Phi) is 3.63. The first-order valence-corrected chi connectivity index (χ1v) is 8.70. The molecule has 7 nitrogen and oxygen atoms in total. The molecule has 0 atom stereocenters. The Morgan fingerprint density at radius 2 is 2.09 bits per heavy atom. The molecule has 0 aliphatic carbocycles. The van der Waals surface area contributed by atoms with Crippen molar-refractivity contribution in [3.63, 3.8) is 0 Å². The van der Waals surface area contributed by atoms with Crippen LogP contribution in [-0.4, -0.2) is 29.0 Å². The van der Waals surface area contributed by atoms with Gasteiger partial charge in [-0.2, -0.15) is 8.42 Å². The average molecular weight is 335 g/mol. The van der Waals surface area contributed by atoms with E-state index >= 15 is 0 Å². The van der Waals surface area contributed by atoms with Gasteiger partial charge in [-0.1, -0.05) is 6.07 Å². The summed E-state index contributed by atoms with van der Waals surface area (Å²) in [4.78, 5) is 15.5. The summed E-state index contributed by atoms with van der Waals surface area (Å²) >= 11 is 0. The Morgan fingerprint density at radius 3 is 2.78 bits per heavy atom. The van der Waals surface area contributed by atoms with E-state index in [9.17, 15) is 18.3 Å². The van der Waals surface area contributed by atoms with E-state index in [1.54, 1.807) is 24.5 Å². The summed E-state index contributed by atoms with van der Waals surface area (Å²) in [5.74, 6) is -0.436. The molecule has 0 saturated heterocycles. The Balaban J connectivity index is 2.08. The van der Waals surface area contributed by atoms with Gasteiger partial charge >= 0.3 is 5.97 Å². The van der Waals surface area contributed by atoms with Crippen molar-refractivity contribution in [2.24, 2.45) is 0 Å². The predicted octanol–water partition coefficient (Wildman–Crippen LogP) is 1.95. The molecule has 0 bridgehead atoms. The molecule has 2 aromatic rings. The highest BCUT2D eigenvalue weighted by Gasteiger charge is 2.27. The van der Waals surface area contributed by atoms with E-state index in [0.29, 0.717) is 12.1 Å². The number of rotatable bonds is 4. The van der Waals surface area contributed by atoms with Gasteiger partial charge in [0, 0.05) is 13.0 Å². The largest absolute Gasteiger partial charge is 0.478 e. The fourth-order valence-corrected chi connectivity index (χ4v) is 4.07. The van der Waals surface area contributed by atoms with Crippen molar-refractivity contribution in [2.75, 3.05) is 4.72 Å². The Hall–Kier alpha value is -2.35. The lowest BCUT2D eigenvalue weighted by molar-refractivity contribution is 0.0698. The molecule has 0 radical (unpaired) electrons. The molecule has 1 aromatic heterocycles. The first kappa shape index (κ1) is 15.5. The standard InChI is InChI=1S/C15H17N3O4S/c1-9-5-6-11(15(19)20)14(10(9)2)17-23(21,22)13-8-16-12-4-3-7-18(12)13/h5-6,8,17H,3-4,7H2,1-2H3,(H,19,20). The average Bonchev–Trinajstić information content (AvgIpc) is 3.05. The summed E-state index contributed by atoms with van der Waals surface area (Å²) in [5, 5.41) is 9.38. The number of aromatic carboxylic acids is 1. The van der Waals surface area contributed by atoms with E-state index in [1.165, 1.54) is 12.3 Å². The number of hydrogen-bond donors (Lipinski definition) is 2. The van der Waals surface area contributed by atoms with E-state index in [0.717, 1.165) is 24.2 Å². The zero-order valence-corrected chi connectivity index (χ0v) is 13.6. The summed E-state index contributed by atoms with van der Waals surface area (Å²) < 4.78 is 29.5. The van der Waals surface area contributed by atoms with Crippen LogP contribution in [0.15, 0.2) is 23.4 Å². The van der Waals surface area contributed by atoms with Gasteiger partial charge in [0.05, 0.1) is 17.4 Å².